The van der Waals surface area contributed by atoms with Crippen LogP contribution in [0.2, 0.25) is 0 Å². The number of rotatable bonds is 9. The number of hydrogen-bond donors (Lipinski definition) is 1. The number of carbonyl (C=O) groups excluding carboxylic acids is 2. The van der Waals surface area contributed by atoms with E-state index in [1.165, 1.54) is 17.7 Å². The summed E-state index contributed by atoms with van der Waals surface area (Å²) in [5.74, 6) is 0.196. The molecule has 0 radical (unpaired) electrons. The van der Waals surface area contributed by atoms with E-state index in [1.54, 1.807) is 24.3 Å². The molecule has 6 rings (SSSR count). The second-order valence-electron chi connectivity index (χ2n) is 11.9. The number of Topliss-reactive ketones (excluding diaryl/α,β-unsaturated/α-hetero) is 1. The van der Waals surface area contributed by atoms with Gasteiger partial charge in [0.15, 0.2) is 5.78 Å². The van der Waals surface area contributed by atoms with Gasteiger partial charge >= 0.3 is 6.18 Å². The first-order valence-electron chi connectivity index (χ1n) is 15.8. The zero-order valence-corrected chi connectivity index (χ0v) is 25.8. The van der Waals surface area contributed by atoms with Crippen molar-refractivity contribution >= 4 is 17.4 Å². The zero-order chi connectivity index (χ0) is 32.8. The normalized spacial score (nSPS) is 14.8. The summed E-state index contributed by atoms with van der Waals surface area (Å²) < 4.78 is 39.2. The summed E-state index contributed by atoms with van der Waals surface area (Å²) in [7, 11) is 0. The smallest absolute Gasteiger partial charge is 0.324 e. The highest BCUT2D eigenvalue weighted by Crippen LogP contribution is 2.34. The summed E-state index contributed by atoms with van der Waals surface area (Å²) in [4.78, 5) is 29.2. The lowest BCUT2D eigenvalue weighted by Gasteiger charge is -2.37. The summed E-state index contributed by atoms with van der Waals surface area (Å²) in [6, 6.07) is 39.1. The van der Waals surface area contributed by atoms with E-state index in [9.17, 15) is 22.8 Å². The number of amides is 1. The van der Waals surface area contributed by atoms with Crippen molar-refractivity contribution < 1.29 is 22.8 Å². The Morgan fingerprint density at radius 2 is 1.32 bits per heavy atom. The van der Waals surface area contributed by atoms with Gasteiger partial charge < -0.3 is 5.32 Å². The first-order chi connectivity index (χ1) is 22.8. The molecule has 7 heteroatoms. The topological polar surface area (TPSA) is 49.4 Å². The van der Waals surface area contributed by atoms with Crippen molar-refractivity contribution in [3.63, 3.8) is 0 Å². The molecular weight excluding hydrogens is 597 g/mol. The Morgan fingerprint density at radius 3 is 1.96 bits per heavy atom. The maximum atomic E-state index is 13.5. The summed E-state index contributed by atoms with van der Waals surface area (Å²) in [6.07, 6.45) is -2.42. The number of hydrogen-bond acceptors (Lipinski definition) is 3. The standard InChI is InChI=1S/C40H35F3N2O2/c41-40(42,43)33-21-19-31(20-22-33)35-13-7-8-14-36(35)37(46)27-28-15-17-29(18-16-28)30-23-25-45(26-24-30)38(32-9-3-1-4-10-32)39(47)44-34-11-5-2-6-12-34/h1-22,30,38H,23-27H2,(H,44,47). The molecule has 5 aromatic carbocycles. The van der Waals surface area contributed by atoms with Crippen LogP contribution in [0, 0.1) is 0 Å². The fraction of sp³-hybridized carbons (Fsp3) is 0.200. The number of piperidine rings is 1. The number of alkyl halides is 3. The molecule has 1 aliphatic rings. The number of ketones is 1. The van der Waals surface area contributed by atoms with Crippen LogP contribution in [0.5, 0.6) is 0 Å². The van der Waals surface area contributed by atoms with Crippen molar-refractivity contribution in [2.45, 2.75) is 37.4 Å². The molecule has 1 N–H and O–H groups in total. The van der Waals surface area contributed by atoms with Gasteiger partial charge in [-0.15, -0.1) is 0 Å². The van der Waals surface area contributed by atoms with Crippen LogP contribution < -0.4 is 5.32 Å². The Morgan fingerprint density at radius 1 is 0.723 bits per heavy atom. The van der Waals surface area contributed by atoms with Gasteiger partial charge in [-0.3, -0.25) is 14.5 Å². The average molecular weight is 633 g/mol. The summed E-state index contributed by atoms with van der Waals surface area (Å²) in [6.45, 7) is 1.54. The average Bonchev–Trinajstić information content (AvgIpc) is 3.10. The van der Waals surface area contributed by atoms with Crippen LogP contribution in [0.4, 0.5) is 18.9 Å². The van der Waals surface area contributed by atoms with Crippen LogP contribution >= 0.6 is 0 Å². The molecule has 0 aromatic heterocycles. The lowest BCUT2D eigenvalue weighted by atomic mass is 9.87. The van der Waals surface area contributed by atoms with E-state index in [4.69, 9.17) is 0 Å². The van der Waals surface area contributed by atoms with E-state index >= 15 is 0 Å². The first-order valence-corrected chi connectivity index (χ1v) is 15.8. The van der Waals surface area contributed by atoms with Crippen LogP contribution in [0.25, 0.3) is 11.1 Å². The van der Waals surface area contributed by atoms with Gasteiger partial charge in [-0.05, 0) is 83.9 Å². The minimum absolute atomic E-state index is 0.0465. The highest BCUT2D eigenvalue weighted by atomic mass is 19.4. The molecule has 1 atom stereocenters. The Balaban J connectivity index is 1.10. The predicted octanol–water partition coefficient (Wildman–Crippen LogP) is 9.36. The highest BCUT2D eigenvalue weighted by molar-refractivity contribution is 6.03. The van der Waals surface area contributed by atoms with Gasteiger partial charge in [-0.25, -0.2) is 0 Å². The lowest BCUT2D eigenvalue weighted by molar-refractivity contribution is -0.137. The van der Waals surface area contributed by atoms with E-state index in [0.717, 1.165) is 54.9 Å². The third kappa shape index (κ3) is 7.69. The predicted molar refractivity (Wildman–Crippen MR) is 179 cm³/mol. The Hall–Kier alpha value is -5.01. The molecule has 1 unspecified atom stereocenters. The van der Waals surface area contributed by atoms with E-state index in [0.29, 0.717) is 22.6 Å². The Bertz CT molecular complexity index is 1800. The number of halogens is 3. The van der Waals surface area contributed by atoms with Crippen molar-refractivity contribution in [2.24, 2.45) is 0 Å². The maximum absolute atomic E-state index is 13.5. The first kappa shape index (κ1) is 32.0. The Kier molecular flexibility index (Phi) is 9.64. The van der Waals surface area contributed by atoms with Crippen LogP contribution in [0.3, 0.4) is 0 Å². The third-order valence-corrected chi connectivity index (χ3v) is 8.87. The molecule has 0 saturated carbocycles. The molecule has 1 amide bonds. The van der Waals surface area contributed by atoms with Gasteiger partial charge in [0.05, 0.1) is 5.56 Å². The van der Waals surface area contributed by atoms with Gasteiger partial charge in [-0.1, -0.05) is 109 Å². The number of benzene rings is 5. The number of para-hydroxylation sites is 1. The second kappa shape index (κ2) is 14.2. The number of nitrogens with zero attached hydrogens (tertiary/aromatic N) is 1. The van der Waals surface area contributed by atoms with E-state index in [1.807, 2.05) is 72.8 Å². The van der Waals surface area contributed by atoms with Gasteiger partial charge in [0.25, 0.3) is 0 Å². The molecule has 1 aliphatic heterocycles. The van der Waals surface area contributed by atoms with Gasteiger partial charge in [0, 0.05) is 17.7 Å². The van der Waals surface area contributed by atoms with Crippen molar-refractivity contribution in [3.05, 3.63) is 161 Å². The van der Waals surface area contributed by atoms with Crippen LogP contribution in [-0.4, -0.2) is 29.7 Å². The maximum Gasteiger partial charge on any atom is 0.416 e. The summed E-state index contributed by atoms with van der Waals surface area (Å²) in [5.41, 5.74) is 4.75. The van der Waals surface area contributed by atoms with Crippen molar-refractivity contribution in [2.75, 3.05) is 18.4 Å². The monoisotopic (exact) mass is 632 g/mol. The molecule has 1 heterocycles. The second-order valence-corrected chi connectivity index (χ2v) is 11.9. The van der Waals surface area contributed by atoms with Gasteiger partial charge in [0.2, 0.25) is 5.91 Å². The number of carbonyl (C=O) groups is 2. The molecule has 4 nitrogen and oxygen atoms in total. The molecule has 0 aliphatic carbocycles. The minimum Gasteiger partial charge on any atom is -0.324 e. The molecule has 5 aromatic rings. The minimum atomic E-state index is -4.42. The molecule has 0 spiro atoms. The fourth-order valence-corrected chi connectivity index (χ4v) is 6.39. The lowest BCUT2D eigenvalue weighted by Crippen LogP contribution is -2.41. The van der Waals surface area contributed by atoms with Crippen LogP contribution in [0.15, 0.2) is 133 Å². The molecule has 47 heavy (non-hydrogen) atoms. The van der Waals surface area contributed by atoms with Crippen molar-refractivity contribution in [3.8, 4) is 11.1 Å². The summed E-state index contributed by atoms with van der Waals surface area (Å²) in [5, 5.41) is 3.09. The van der Waals surface area contributed by atoms with Crippen LogP contribution in [-0.2, 0) is 17.4 Å². The van der Waals surface area contributed by atoms with Crippen molar-refractivity contribution in [1.82, 2.24) is 4.90 Å². The Labute approximate surface area is 272 Å². The molecule has 1 fully saturated rings. The SMILES string of the molecule is O=C(Cc1ccc(C2CCN(C(C(=O)Nc3ccccc3)c3ccccc3)CC2)cc1)c1ccccc1-c1ccc(C(F)(F)F)cc1. The van der Waals surface area contributed by atoms with E-state index in [2.05, 4.69) is 22.3 Å². The molecule has 238 valence electrons. The number of anilines is 1. The quantitative estimate of drug-likeness (QED) is 0.165. The molecule has 1 saturated heterocycles. The fourth-order valence-electron chi connectivity index (χ4n) is 6.39. The molecule has 0 bridgehead atoms. The van der Waals surface area contributed by atoms with E-state index < -0.39 is 17.8 Å². The van der Waals surface area contributed by atoms with Crippen LogP contribution in [0.1, 0.15) is 57.4 Å². The third-order valence-electron chi connectivity index (χ3n) is 8.87. The number of likely N-dealkylation sites (tertiary alicyclic amines) is 1. The highest BCUT2D eigenvalue weighted by Gasteiger charge is 2.32. The van der Waals surface area contributed by atoms with Crippen molar-refractivity contribution in [1.29, 1.82) is 0 Å². The molecular formula is C40H35F3N2O2. The van der Waals surface area contributed by atoms with Gasteiger partial charge in [0.1, 0.15) is 6.04 Å². The zero-order valence-electron chi connectivity index (χ0n) is 25.8. The van der Waals surface area contributed by atoms with Gasteiger partial charge in [-0.2, -0.15) is 13.2 Å². The van der Waals surface area contributed by atoms with E-state index in [-0.39, 0.29) is 18.1 Å². The summed E-state index contributed by atoms with van der Waals surface area (Å²) >= 11 is 0. The largest absolute Gasteiger partial charge is 0.416 e. The number of nitrogens with one attached hydrogen (secondary N) is 1.